The van der Waals surface area contributed by atoms with Crippen molar-refractivity contribution >= 4 is 0 Å². The van der Waals surface area contributed by atoms with Crippen molar-refractivity contribution < 1.29 is 4.74 Å². The van der Waals surface area contributed by atoms with E-state index in [1.807, 2.05) is 0 Å². The van der Waals surface area contributed by atoms with Crippen LogP contribution in [0.4, 0.5) is 0 Å². The Morgan fingerprint density at radius 2 is 1.50 bits per heavy atom. The average Bonchev–Trinajstić information content (AvgIpc) is 2.52. The molecule has 1 nitrogen and oxygen atoms in total. The predicted molar refractivity (Wildman–Crippen MR) is 94.6 cm³/mol. The molecule has 1 atom stereocenters. The van der Waals surface area contributed by atoms with Crippen LogP contribution in [0.3, 0.4) is 0 Å². The molecule has 0 saturated heterocycles. The SMILES string of the molecule is CCC(C)c1ccc(OCc2ccc(C(C)(C)C)cc2)cc1. The first kappa shape index (κ1) is 16.6. The van der Waals surface area contributed by atoms with E-state index in [1.54, 1.807) is 0 Å². The van der Waals surface area contributed by atoms with E-state index >= 15 is 0 Å². The molecule has 0 aliphatic carbocycles. The molecule has 0 bridgehead atoms. The maximum absolute atomic E-state index is 5.89. The maximum atomic E-state index is 5.89. The number of rotatable bonds is 5. The fourth-order valence-electron chi connectivity index (χ4n) is 2.40. The van der Waals surface area contributed by atoms with Gasteiger partial charge in [0.1, 0.15) is 12.4 Å². The van der Waals surface area contributed by atoms with Crippen LogP contribution < -0.4 is 4.74 Å². The molecule has 0 heterocycles. The summed E-state index contributed by atoms with van der Waals surface area (Å²) in [6, 6.07) is 17.2. The Hall–Kier alpha value is -1.76. The van der Waals surface area contributed by atoms with E-state index in [4.69, 9.17) is 4.74 Å². The zero-order chi connectivity index (χ0) is 16.2. The van der Waals surface area contributed by atoms with Crippen molar-refractivity contribution in [1.29, 1.82) is 0 Å². The van der Waals surface area contributed by atoms with E-state index < -0.39 is 0 Å². The second-order valence-electron chi connectivity index (χ2n) is 7.11. The van der Waals surface area contributed by atoms with Gasteiger partial charge in [0.2, 0.25) is 0 Å². The Kier molecular flexibility index (Phi) is 5.28. The van der Waals surface area contributed by atoms with Crippen molar-refractivity contribution in [3.63, 3.8) is 0 Å². The van der Waals surface area contributed by atoms with Crippen LogP contribution >= 0.6 is 0 Å². The van der Waals surface area contributed by atoms with E-state index in [0.29, 0.717) is 12.5 Å². The summed E-state index contributed by atoms with van der Waals surface area (Å²) in [4.78, 5) is 0. The van der Waals surface area contributed by atoms with Gasteiger partial charge in [-0.2, -0.15) is 0 Å². The third-order valence-electron chi connectivity index (χ3n) is 4.29. The number of benzene rings is 2. The van der Waals surface area contributed by atoms with Gasteiger partial charge in [-0.05, 0) is 46.6 Å². The highest BCUT2D eigenvalue weighted by Gasteiger charge is 2.12. The molecule has 0 aliphatic heterocycles. The minimum atomic E-state index is 0.200. The monoisotopic (exact) mass is 296 g/mol. The Morgan fingerprint density at radius 1 is 0.909 bits per heavy atom. The Morgan fingerprint density at radius 3 is 2.00 bits per heavy atom. The molecule has 2 aromatic carbocycles. The highest BCUT2D eigenvalue weighted by atomic mass is 16.5. The van der Waals surface area contributed by atoms with Crippen molar-refractivity contribution in [2.45, 2.75) is 59.0 Å². The van der Waals surface area contributed by atoms with Crippen LogP contribution in [0.2, 0.25) is 0 Å². The van der Waals surface area contributed by atoms with Crippen LogP contribution in [0.25, 0.3) is 0 Å². The van der Waals surface area contributed by atoms with E-state index in [-0.39, 0.29) is 5.41 Å². The molecule has 118 valence electrons. The van der Waals surface area contributed by atoms with Crippen LogP contribution in [-0.2, 0) is 12.0 Å². The molecular weight excluding hydrogens is 268 g/mol. The molecule has 0 fully saturated rings. The van der Waals surface area contributed by atoms with Gasteiger partial charge in [0.05, 0.1) is 0 Å². The zero-order valence-electron chi connectivity index (χ0n) is 14.5. The molecule has 0 aliphatic rings. The van der Waals surface area contributed by atoms with Gasteiger partial charge < -0.3 is 4.74 Å². The molecule has 1 heteroatoms. The fraction of sp³-hybridized carbons (Fsp3) is 0.429. The summed E-state index contributed by atoms with van der Waals surface area (Å²) in [5.41, 5.74) is 4.14. The van der Waals surface area contributed by atoms with Crippen LogP contribution in [0, 0.1) is 0 Å². The lowest BCUT2D eigenvalue weighted by atomic mass is 9.87. The first-order valence-electron chi connectivity index (χ1n) is 8.22. The van der Waals surface area contributed by atoms with Gasteiger partial charge in [0, 0.05) is 0 Å². The second kappa shape index (κ2) is 7.00. The molecule has 0 amide bonds. The predicted octanol–water partition coefficient (Wildman–Crippen LogP) is 6.08. The van der Waals surface area contributed by atoms with E-state index in [2.05, 4.69) is 83.1 Å². The highest BCUT2D eigenvalue weighted by Crippen LogP contribution is 2.24. The topological polar surface area (TPSA) is 9.23 Å². The molecule has 22 heavy (non-hydrogen) atoms. The molecular formula is C21H28O. The van der Waals surface area contributed by atoms with E-state index in [9.17, 15) is 0 Å². The average molecular weight is 296 g/mol. The number of hydrogen-bond acceptors (Lipinski definition) is 1. The highest BCUT2D eigenvalue weighted by molar-refractivity contribution is 5.30. The molecule has 0 radical (unpaired) electrons. The van der Waals surface area contributed by atoms with Crippen molar-refractivity contribution in [1.82, 2.24) is 0 Å². The normalized spacial score (nSPS) is 13.0. The lowest BCUT2D eigenvalue weighted by Crippen LogP contribution is -2.10. The Bertz CT molecular complexity index is 573. The molecule has 0 spiro atoms. The molecule has 2 aromatic rings. The fourth-order valence-corrected chi connectivity index (χ4v) is 2.40. The minimum absolute atomic E-state index is 0.200. The summed E-state index contributed by atoms with van der Waals surface area (Å²) >= 11 is 0. The summed E-state index contributed by atoms with van der Waals surface area (Å²) < 4.78 is 5.89. The van der Waals surface area contributed by atoms with E-state index in [0.717, 1.165) is 5.75 Å². The van der Waals surface area contributed by atoms with Gasteiger partial charge in [-0.25, -0.2) is 0 Å². The third-order valence-corrected chi connectivity index (χ3v) is 4.29. The Balaban J connectivity index is 1.95. The summed E-state index contributed by atoms with van der Waals surface area (Å²) in [6.45, 7) is 11.8. The second-order valence-corrected chi connectivity index (χ2v) is 7.11. The summed E-state index contributed by atoms with van der Waals surface area (Å²) in [5.74, 6) is 1.55. The quantitative estimate of drug-likeness (QED) is 0.650. The molecule has 1 unspecified atom stereocenters. The van der Waals surface area contributed by atoms with Crippen molar-refractivity contribution in [3.05, 3.63) is 65.2 Å². The summed E-state index contributed by atoms with van der Waals surface area (Å²) in [6.07, 6.45) is 1.17. The van der Waals surface area contributed by atoms with Gasteiger partial charge in [0.25, 0.3) is 0 Å². The van der Waals surface area contributed by atoms with Gasteiger partial charge in [0.15, 0.2) is 0 Å². The third kappa shape index (κ3) is 4.37. The summed E-state index contributed by atoms with van der Waals surface area (Å²) in [7, 11) is 0. The molecule has 2 rings (SSSR count). The van der Waals surface area contributed by atoms with Gasteiger partial charge in [-0.15, -0.1) is 0 Å². The lowest BCUT2D eigenvalue weighted by Gasteiger charge is -2.19. The molecule has 0 saturated carbocycles. The molecule has 0 N–H and O–H groups in total. The number of hydrogen-bond donors (Lipinski definition) is 0. The smallest absolute Gasteiger partial charge is 0.119 e. The maximum Gasteiger partial charge on any atom is 0.119 e. The standard InChI is InChI=1S/C21H28O/c1-6-16(2)18-9-13-20(14-10-18)22-15-17-7-11-19(12-8-17)21(3,4)5/h7-14,16H,6,15H2,1-5H3. The first-order chi connectivity index (χ1) is 10.4. The summed E-state index contributed by atoms with van der Waals surface area (Å²) in [5, 5.41) is 0. The number of ether oxygens (including phenoxy) is 1. The van der Waals surface area contributed by atoms with Gasteiger partial charge >= 0.3 is 0 Å². The van der Waals surface area contributed by atoms with Crippen LogP contribution in [0.1, 0.15) is 63.6 Å². The van der Waals surface area contributed by atoms with Gasteiger partial charge in [-0.3, -0.25) is 0 Å². The molecule has 0 aromatic heterocycles. The minimum Gasteiger partial charge on any atom is -0.489 e. The van der Waals surface area contributed by atoms with E-state index in [1.165, 1.54) is 23.1 Å². The van der Waals surface area contributed by atoms with Crippen molar-refractivity contribution in [2.24, 2.45) is 0 Å². The van der Waals surface area contributed by atoms with Crippen LogP contribution in [-0.4, -0.2) is 0 Å². The van der Waals surface area contributed by atoms with Crippen molar-refractivity contribution in [2.75, 3.05) is 0 Å². The largest absolute Gasteiger partial charge is 0.489 e. The Labute approximate surface area is 135 Å². The zero-order valence-corrected chi connectivity index (χ0v) is 14.5. The first-order valence-corrected chi connectivity index (χ1v) is 8.22. The van der Waals surface area contributed by atoms with Crippen LogP contribution in [0.15, 0.2) is 48.5 Å². The lowest BCUT2D eigenvalue weighted by molar-refractivity contribution is 0.306. The van der Waals surface area contributed by atoms with Gasteiger partial charge in [-0.1, -0.05) is 71.0 Å². The van der Waals surface area contributed by atoms with Crippen molar-refractivity contribution in [3.8, 4) is 5.75 Å². The van der Waals surface area contributed by atoms with Crippen LogP contribution in [0.5, 0.6) is 5.75 Å².